The number of nitrogens with zero attached hydrogens (tertiary/aromatic N) is 1. The van der Waals surface area contributed by atoms with Crippen LogP contribution in [-0.4, -0.2) is 37.6 Å². The molecule has 1 fully saturated rings. The van der Waals surface area contributed by atoms with Gasteiger partial charge in [-0.05, 0) is 49.2 Å². The third-order valence-corrected chi connectivity index (χ3v) is 6.09. The summed E-state index contributed by atoms with van der Waals surface area (Å²) in [7, 11) is 0. The molecule has 20 heavy (non-hydrogen) atoms. The minimum Gasteiger partial charge on any atom is -0.315 e. The van der Waals surface area contributed by atoms with Crippen molar-refractivity contribution < 1.29 is 0 Å². The number of hydrogen-bond donors (Lipinski definition) is 1. The lowest BCUT2D eigenvalue weighted by Crippen LogP contribution is -2.42. The Kier molecular flexibility index (Phi) is 6.53. The number of rotatable bonds is 8. The van der Waals surface area contributed by atoms with E-state index in [0.29, 0.717) is 5.41 Å². The van der Waals surface area contributed by atoms with E-state index in [9.17, 15) is 0 Å². The van der Waals surface area contributed by atoms with Crippen molar-refractivity contribution in [2.45, 2.75) is 46.0 Å². The first-order valence-corrected chi connectivity index (χ1v) is 9.11. The lowest BCUT2D eigenvalue weighted by molar-refractivity contribution is 0.0961. The smallest absolute Gasteiger partial charge is 0.0107 e. The second-order valence-electron chi connectivity index (χ2n) is 6.13. The van der Waals surface area contributed by atoms with Crippen molar-refractivity contribution in [1.82, 2.24) is 10.2 Å². The summed E-state index contributed by atoms with van der Waals surface area (Å²) >= 11 is 1.86. The van der Waals surface area contributed by atoms with Gasteiger partial charge in [-0.25, -0.2) is 0 Å². The molecule has 0 spiro atoms. The minimum absolute atomic E-state index is 0.656. The largest absolute Gasteiger partial charge is 0.315 e. The van der Waals surface area contributed by atoms with Crippen molar-refractivity contribution in [1.29, 1.82) is 0 Å². The van der Waals surface area contributed by atoms with Gasteiger partial charge in [-0.1, -0.05) is 32.8 Å². The van der Waals surface area contributed by atoms with Gasteiger partial charge in [0.25, 0.3) is 0 Å². The Morgan fingerprint density at radius 3 is 2.55 bits per heavy atom. The van der Waals surface area contributed by atoms with E-state index in [1.165, 1.54) is 56.6 Å². The predicted octanol–water partition coefficient (Wildman–Crippen LogP) is 3.78. The summed E-state index contributed by atoms with van der Waals surface area (Å²) in [5.74, 6) is 0. The average Bonchev–Trinajstić information content (AvgIpc) is 3.01. The molecule has 0 aromatic carbocycles. The fourth-order valence-corrected chi connectivity index (χ4v) is 3.95. The first-order valence-electron chi connectivity index (χ1n) is 8.23. The van der Waals surface area contributed by atoms with Gasteiger partial charge >= 0.3 is 0 Å². The van der Waals surface area contributed by atoms with Crippen LogP contribution in [0.5, 0.6) is 0 Å². The third kappa shape index (κ3) is 4.57. The summed E-state index contributed by atoms with van der Waals surface area (Å²) in [6.45, 7) is 10.8. The standard InChI is InChI=1S/C17H30N2S/c1-3-17(4-2)8-12-19(13-9-17)14-11-18-10-7-16-6-5-15-20-16/h5-6,15,18H,3-4,7-14H2,1-2H3. The third-order valence-electron chi connectivity index (χ3n) is 5.15. The number of piperidine rings is 1. The Bertz CT molecular complexity index is 347. The zero-order valence-corrected chi connectivity index (χ0v) is 14.0. The molecule has 0 saturated carbocycles. The summed E-state index contributed by atoms with van der Waals surface area (Å²) in [4.78, 5) is 4.13. The maximum Gasteiger partial charge on any atom is 0.0107 e. The second kappa shape index (κ2) is 8.16. The van der Waals surface area contributed by atoms with Gasteiger partial charge in [0.15, 0.2) is 0 Å². The molecule has 2 rings (SSSR count). The molecule has 1 aliphatic rings. The number of likely N-dealkylation sites (tertiary alicyclic amines) is 1. The number of nitrogens with one attached hydrogen (secondary N) is 1. The molecule has 0 unspecified atom stereocenters. The highest BCUT2D eigenvalue weighted by molar-refractivity contribution is 7.09. The summed E-state index contributed by atoms with van der Waals surface area (Å²) in [6, 6.07) is 4.37. The summed E-state index contributed by atoms with van der Waals surface area (Å²) in [5, 5.41) is 5.75. The zero-order valence-electron chi connectivity index (χ0n) is 13.2. The minimum atomic E-state index is 0.656. The van der Waals surface area contributed by atoms with Crippen LogP contribution in [0.1, 0.15) is 44.4 Å². The van der Waals surface area contributed by atoms with Crippen LogP contribution in [0.25, 0.3) is 0 Å². The molecular formula is C17H30N2S. The topological polar surface area (TPSA) is 15.3 Å². The van der Waals surface area contributed by atoms with Crippen LogP contribution in [0.2, 0.25) is 0 Å². The first kappa shape index (κ1) is 16.0. The van der Waals surface area contributed by atoms with Crippen molar-refractivity contribution in [3.8, 4) is 0 Å². The maximum absolute atomic E-state index is 3.58. The van der Waals surface area contributed by atoms with E-state index in [4.69, 9.17) is 0 Å². The molecule has 1 N–H and O–H groups in total. The fourth-order valence-electron chi connectivity index (χ4n) is 3.24. The van der Waals surface area contributed by atoms with Gasteiger partial charge in [0, 0.05) is 24.5 Å². The highest BCUT2D eigenvalue weighted by Crippen LogP contribution is 2.37. The molecular weight excluding hydrogens is 264 g/mol. The molecule has 0 atom stereocenters. The van der Waals surface area contributed by atoms with E-state index in [0.717, 1.165) is 13.1 Å². The van der Waals surface area contributed by atoms with Gasteiger partial charge in [0.05, 0.1) is 0 Å². The molecule has 1 aromatic rings. The van der Waals surface area contributed by atoms with Crippen molar-refractivity contribution in [3.05, 3.63) is 22.4 Å². The highest BCUT2D eigenvalue weighted by Gasteiger charge is 2.30. The van der Waals surface area contributed by atoms with Crippen molar-refractivity contribution >= 4 is 11.3 Å². The van der Waals surface area contributed by atoms with Gasteiger partial charge in [-0.15, -0.1) is 11.3 Å². The SMILES string of the molecule is CCC1(CC)CCN(CCNCCc2cccs2)CC1. The predicted molar refractivity (Wildman–Crippen MR) is 89.6 cm³/mol. The maximum atomic E-state index is 3.58. The Labute approximate surface area is 128 Å². The molecule has 114 valence electrons. The zero-order chi connectivity index (χ0) is 14.3. The van der Waals surface area contributed by atoms with Crippen molar-refractivity contribution in [2.75, 3.05) is 32.7 Å². The van der Waals surface area contributed by atoms with Gasteiger partial charge in [0.1, 0.15) is 0 Å². The second-order valence-corrected chi connectivity index (χ2v) is 7.16. The number of thiophene rings is 1. The molecule has 3 heteroatoms. The van der Waals surface area contributed by atoms with Crippen molar-refractivity contribution in [3.63, 3.8) is 0 Å². The van der Waals surface area contributed by atoms with E-state index in [2.05, 4.69) is 41.6 Å². The average molecular weight is 295 g/mol. The van der Waals surface area contributed by atoms with Crippen LogP contribution in [0.4, 0.5) is 0 Å². The van der Waals surface area contributed by atoms with Crippen LogP contribution in [0.15, 0.2) is 17.5 Å². The van der Waals surface area contributed by atoms with E-state index in [1.807, 2.05) is 11.3 Å². The summed E-state index contributed by atoms with van der Waals surface area (Å²) in [5.41, 5.74) is 0.656. The molecule has 0 aliphatic carbocycles. The van der Waals surface area contributed by atoms with Crippen molar-refractivity contribution in [2.24, 2.45) is 5.41 Å². The molecule has 1 aromatic heterocycles. The summed E-state index contributed by atoms with van der Waals surface area (Å²) in [6.07, 6.45) is 6.68. The van der Waals surface area contributed by atoms with Gasteiger partial charge in [0.2, 0.25) is 0 Å². The lowest BCUT2D eigenvalue weighted by Gasteiger charge is -2.41. The van der Waals surface area contributed by atoms with E-state index in [-0.39, 0.29) is 0 Å². The van der Waals surface area contributed by atoms with Gasteiger partial charge < -0.3 is 10.2 Å². The Morgan fingerprint density at radius 1 is 1.20 bits per heavy atom. The molecule has 2 heterocycles. The van der Waals surface area contributed by atoms with Gasteiger partial charge in [-0.2, -0.15) is 0 Å². The molecule has 1 saturated heterocycles. The van der Waals surface area contributed by atoms with Gasteiger partial charge in [-0.3, -0.25) is 0 Å². The van der Waals surface area contributed by atoms with Crippen LogP contribution in [-0.2, 0) is 6.42 Å². The lowest BCUT2D eigenvalue weighted by atomic mass is 9.74. The molecule has 0 radical (unpaired) electrons. The van der Waals surface area contributed by atoms with Crippen LogP contribution >= 0.6 is 11.3 Å². The highest BCUT2D eigenvalue weighted by atomic mass is 32.1. The molecule has 0 amide bonds. The fraction of sp³-hybridized carbons (Fsp3) is 0.765. The Morgan fingerprint density at radius 2 is 1.95 bits per heavy atom. The quantitative estimate of drug-likeness (QED) is 0.734. The van der Waals surface area contributed by atoms with Crippen LogP contribution in [0.3, 0.4) is 0 Å². The van der Waals surface area contributed by atoms with Crippen LogP contribution in [0, 0.1) is 5.41 Å². The Hall–Kier alpha value is -0.380. The first-order chi connectivity index (χ1) is 9.78. The molecule has 2 nitrogen and oxygen atoms in total. The molecule has 0 bridgehead atoms. The Balaban J connectivity index is 1.55. The van der Waals surface area contributed by atoms with E-state index >= 15 is 0 Å². The van der Waals surface area contributed by atoms with Crippen LogP contribution < -0.4 is 5.32 Å². The monoisotopic (exact) mass is 294 g/mol. The molecule has 1 aliphatic heterocycles. The van der Waals surface area contributed by atoms with E-state index in [1.54, 1.807) is 0 Å². The summed E-state index contributed by atoms with van der Waals surface area (Å²) < 4.78 is 0. The van der Waals surface area contributed by atoms with E-state index < -0.39 is 0 Å². The normalized spacial score (nSPS) is 19.3. The number of hydrogen-bond acceptors (Lipinski definition) is 3.